The highest BCUT2D eigenvalue weighted by Gasteiger charge is 2.27. The van der Waals surface area contributed by atoms with Crippen LogP contribution in [0.2, 0.25) is 0 Å². The van der Waals surface area contributed by atoms with E-state index in [2.05, 4.69) is 15.3 Å². The molecule has 22 heavy (non-hydrogen) atoms. The number of aromatic nitrogens is 2. The zero-order chi connectivity index (χ0) is 15.6. The van der Waals surface area contributed by atoms with E-state index in [1.54, 1.807) is 25.1 Å². The molecule has 6 heteroatoms. The second-order valence-corrected chi connectivity index (χ2v) is 5.18. The Kier molecular flexibility index (Phi) is 3.60. The molecule has 0 aliphatic heterocycles. The number of benzene rings is 1. The topological polar surface area (TPSA) is 88.2 Å². The molecule has 3 aromatic rings. The van der Waals surface area contributed by atoms with Crippen LogP contribution in [0.4, 0.5) is 0 Å². The summed E-state index contributed by atoms with van der Waals surface area (Å²) in [7, 11) is 0. The number of rotatable bonds is 4. The van der Waals surface area contributed by atoms with Crippen molar-refractivity contribution in [2.24, 2.45) is 0 Å². The highest BCUT2D eigenvalue weighted by atomic mass is 16.4. The summed E-state index contributed by atoms with van der Waals surface area (Å²) in [6.45, 7) is 1.58. The molecule has 0 bridgehead atoms. The Hall–Kier alpha value is -2.73. The molecule has 1 aromatic carbocycles. The first-order chi connectivity index (χ1) is 10.6. The van der Waals surface area contributed by atoms with E-state index >= 15 is 0 Å². The lowest BCUT2D eigenvalue weighted by atomic mass is 10.0. The molecule has 0 fully saturated rings. The Labute approximate surface area is 126 Å². The highest BCUT2D eigenvalue weighted by molar-refractivity contribution is 5.93. The predicted molar refractivity (Wildman–Crippen MR) is 80.2 cm³/mol. The van der Waals surface area contributed by atoms with Crippen LogP contribution in [-0.2, 0) is 5.60 Å². The Morgan fingerprint density at radius 3 is 2.77 bits per heavy atom. The first kappa shape index (κ1) is 14.2. The fourth-order valence-corrected chi connectivity index (χ4v) is 2.08. The van der Waals surface area contributed by atoms with Crippen LogP contribution in [0.1, 0.15) is 23.2 Å². The van der Waals surface area contributed by atoms with Gasteiger partial charge in [0.25, 0.3) is 5.91 Å². The minimum absolute atomic E-state index is 0.00779. The summed E-state index contributed by atoms with van der Waals surface area (Å²) in [6.07, 6.45) is 2.89. The minimum Gasteiger partial charge on any atom is -0.466 e. The lowest BCUT2D eigenvalue weighted by Gasteiger charge is -2.20. The maximum atomic E-state index is 12.1. The summed E-state index contributed by atoms with van der Waals surface area (Å²) in [4.78, 5) is 20.6. The first-order valence-corrected chi connectivity index (χ1v) is 6.83. The number of nitrogens with one attached hydrogen (secondary N) is 1. The smallest absolute Gasteiger partial charge is 0.271 e. The molecule has 3 rings (SSSR count). The van der Waals surface area contributed by atoms with Crippen molar-refractivity contribution in [2.45, 2.75) is 12.5 Å². The molecule has 1 atom stereocenters. The largest absolute Gasteiger partial charge is 0.466 e. The Morgan fingerprint density at radius 1 is 1.27 bits per heavy atom. The van der Waals surface area contributed by atoms with Crippen molar-refractivity contribution in [3.63, 3.8) is 0 Å². The van der Waals surface area contributed by atoms with Gasteiger partial charge in [0.2, 0.25) is 0 Å². The van der Waals surface area contributed by atoms with Crippen LogP contribution in [0.5, 0.6) is 0 Å². The van der Waals surface area contributed by atoms with Crippen LogP contribution in [0.25, 0.3) is 11.0 Å². The molecule has 0 saturated heterocycles. The molecule has 0 radical (unpaired) electrons. The Balaban J connectivity index is 1.73. The van der Waals surface area contributed by atoms with Crippen molar-refractivity contribution in [1.82, 2.24) is 15.3 Å². The van der Waals surface area contributed by atoms with Crippen LogP contribution in [0.3, 0.4) is 0 Å². The number of hydrogen-bond donors (Lipinski definition) is 2. The second kappa shape index (κ2) is 5.57. The van der Waals surface area contributed by atoms with Crippen LogP contribution in [0.15, 0.2) is 53.3 Å². The van der Waals surface area contributed by atoms with E-state index in [1.807, 2.05) is 18.2 Å². The summed E-state index contributed by atoms with van der Waals surface area (Å²) >= 11 is 0. The van der Waals surface area contributed by atoms with Gasteiger partial charge in [-0.05, 0) is 31.2 Å². The molecular formula is C16H15N3O3. The van der Waals surface area contributed by atoms with Crippen molar-refractivity contribution in [1.29, 1.82) is 0 Å². The number of fused-ring (bicyclic) bond motifs is 1. The van der Waals surface area contributed by atoms with Crippen LogP contribution < -0.4 is 5.32 Å². The third-order valence-electron chi connectivity index (χ3n) is 3.33. The van der Waals surface area contributed by atoms with Gasteiger partial charge in [-0.1, -0.05) is 12.1 Å². The SMILES string of the molecule is C[C@](O)(CNC(=O)c1cnc2ccccc2n1)c1ccco1. The van der Waals surface area contributed by atoms with Gasteiger partial charge in [-0.3, -0.25) is 9.78 Å². The van der Waals surface area contributed by atoms with Gasteiger partial charge in [0.15, 0.2) is 0 Å². The number of para-hydroxylation sites is 2. The number of carbonyl (C=O) groups is 1. The average Bonchev–Trinajstić information content (AvgIpc) is 3.07. The number of hydrogen-bond acceptors (Lipinski definition) is 5. The molecule has 2 N–H and O–H groups in total. The molecule has 0 aliphatic carbocycles. The summed E-state index contributed by atoms with van der Waals surface area (Å²) in [6, 6.07) is 10.6. The molecule has 0 aliphatic rings. The number of furan rings is 1. The Morgan fingerprint density at radius 2 is 2.05 bits per heavy atom. The molecular weight excluding hydrogens is 282 g/mol. The van der Waals surface area contributed by atoms with Crippen LogP contribution in [-0.4, -0.2) is 27.5 Å². The van der Waals surface area contributed by atoms with Crippen LogP contribution in [0, 0.1) is 0 Å². The second-order valence-electron chi connectivity index (χ2n) is 5.18. The number of amides is 1. The lowest BCUT2D eigenvalue weighted by Crippen LogP contribution is -2.38. The average molecular weight is 297 g/mol. The van der Waals surface area contributed by atoms with Gasteiger partial charge in [-0.15, -0.1) is 0 Å². The van der Waals surface area contributed by atoms with Crippen molar-refractivity contribution in [3.8, 4) is 0 Å². The summed E-state index contributed by atoms with van der Waals surface area (Å²) < 4.78 is 5.16. The fraction of sp³-hybridized carbons (Fsp3) is 0.188. The number of nitrogens with zero attached hydrogens (tertiary/aromatic N) is 2. The van der Waals surface area contributed by atoms with E-state index in [4.69, 9.17) is 4.42 Å². The van der Waals surface area contributed by atoms with Crippen molar-refractivity contribution >= 4 is 16.9 Å². The van der Waals surface area contributed by atoms with Gasteiger partial charge in [0.05, 0.1) is 30.0 Å². The van der Waals surface area contributed by atoms with E-state index < -0.39 is 11.5 Å². The van der Waals surface area contributed by atoms with E-state index in [9.17, 15) is 9.90 Å². The molecule has 2 heterocycles. The zero-order valence-corrected chi connectivity index (χ0v) is 12.0. The van der Waals surface area contributed by atoms with Crippen molar-refractivity contribution in [3.05, 3.63) is 60.3 Å². The molecule has 0 spiro atoms. The van der Waals surface area contributed by atoms with Gasteiger partial charge in [0, 0.05) is 0 Å². The molecule has 6 nitrogen and oxygen atoms in total. The van der Waals surface area contributed by atoms with Gasteiger partial charge < -0.3 is 14.8 Å². The first-order valence-electron chi connectivity index (χ1n) is 6.83. The van der Waals surface area contributed by atoms with Gasteiger partial charge >= 0.3 is 0 Å². The highest BCUT2D eigenvalue weighted by Crippen LogP contribution is 2.19. The molecule has 0 saturated carbocycles. The maximum Gasteiger partial charge on any atom is 0.271 e. The standard InChI is InChI=1S/C16H15N3O3/c1-16(21,14-7-4-8-22-14)10-18-15(20)13-9-17-11-5-2-3-6-12(11)19-13/h2-9,21H,10H2,1H3,(H,18,20)/t16-/m0/s1. The van der Waals surface area contributed by atoms with Gasteiger partial charge in [0.1, 0.15) is 17.1 Å². The lowest BCUT2D eigenvalue weighted by molar-refractivity contribution is 0.0329. The fourth-order valence-electron chi connectivity index (χ4n) is 2.08. The third-order valence-corrected chi connectivity index (χ3v) is 3.33. The molecule has 1 amide bonds. The molecule has 0 unspecified atom stereocenters. The molecule has 112 valence electrons. The number of aliphatic hydroxyl groups is 1. The number of carbonyl (C=O) groups excluding carboxylic acids is 1. The predicted octanol–water partition coefficient (Wildman–Crippen LogP) is 1.86. The van der Waals surface area contributed by atoms with E-state index in [-0.39, 0.29) is 12.2 Å². The summed E-state index contributed by atoms with van der Waals surface area (Å²) in [5.74, 6) is -0.0116. The Bertz CT molecular complexity index is 797. The van der Waals surface area contributed by atoms with Crippen LogP contribution >= 0.6 is 0 Å². The third kappa shape index (κ3) is 2.82. The monoisotopic (exact) mass is 297 g/mol. The quantitative estimate of drug-likeness (QED) is 0.767. The maximum absolute atomic E-state index is 12.1. The summed E-state index contributed by atoms with van der Waals surface area (Å²) in [5, 5.41) is 12.9. The summed E-state index contributed by atoms with van der Waals surface area (Å²) in [5.41, 5.74) is 0.284. The minimum atomic E-state index is -1.29. The normalized spacial score (nSPS) is 13.7. The van der Waals surface area contributed by atoms with Crippen molar-refractivity contribution < 1.29 is 14.3 Å². The van der Waals surface area contributed by atoms with Gasteiger partial charge in [-0.2, -0.15) is 0 Å². The van der Waals surface area contributed by atoms with Gasteiger partial charge in [-0.25, -0.2) is 4.98 Å². The van der Waals surface area contributed by atoms with E-state index in [1.165, 1.54) is 12.5 Å². The zero-order valence-electron chi connectivity index (χ0n) is 12.0. The van der Waals surface area contributed by atoms with Crippen molar-refractivity contribution in [2.75, 3.05) is 6.54 Å². The van der Waals surface area contributed by atoms with E-state index in [0.717, 1.165) is 5.52 Å². The van der Waals surface area contributed by atoms with E-state index in [0.29, 0.717) is 11.3 Å². The molecule has 2 aromatic heterocycles.